The van der Waals surface area contributed by atoms with Gasteiger partial charge >= 0.3 is 0 Å². The highest BCUT2D eigenvalue weighted by Gasteiger charge is 2.52. The fourth-order valence-electron chi connectivity index (χ4n) is 3.11. The Labute approximate surface area is 121 Å². The van der Waals surface area contributed by atoms with E-state index in [4.69, 9.17) is 10.5 Å². The fourth-order valence-corrected chi connectivity index (χ4v) is 3.11. The Bertz CT molecular complexity index is 604. The lowest BCUT2D eigenvalue weighted by Gasteiger charge is -2.45. The number of carbonyl (C=O) groups is 1. The zero-order valence-electron chi connectivity index (χ0n) is 11.6. The lowest BCUT2D eigenvalue weighted by Crippen LogP contribution is -2.68. The normalized spacial score (nSPS) is 30.4. The number of nitrogens with one attached hydrogen (secondary N) is 1. The van der Waals surface area contributed by atoms with Crippen LogP contribution in [0.25, 0.3) is 0 Å². The Kier molecular flexibility index (Phi) is 3.38. The van der Waals surface area contributed by atoms with Crippen LogP contribution in [0.1, 0.15) is 22.3 Å². The van der Waals surface area contributed by atoms with E-state index in [9.17, 15) is 14.9 Å². The molecule has 4 unspecified atom stereocenters. The summed E-state index contributed by atoms with van der Waals surface area (Å²) in [7, 11) is 0. The topological polar surface area (TPSA) is 107 Å². The lowest BCUT2D eigenvalue weighted by atomic mass is 9.72. The molecule has 1 aromatic carbocycles. The van der Waals surface area contributed by atoms with Crippen molar-refractivity contribution in [2.24, 2.45) is 11.7 Å². The molecule has 112 valence electrons. The summed E-state index contributed by atoms with van der Waals surface area (Å²) in [6.07, 6.45) is 0.901. The van der Waals surface area contributed by atoms with E-state index in [0.29, 0.717) is 18.1 Å². The van der Waals surface area contributed by atoms with E-state index in [0.717, 1.165) is 6.42 Å². The Morgan fingerprint density at radius 1 is 1.52 bits per heavy atom. The van der Waals surface area contributed by atoms with E-state index < -0.39 is 4.92 Å². The third-order valence-corrected chi connectivity index (χ3v) is 4.41. The van der Waals surface area contributed by atoms with Gasteiger partial charge < -0.3 is 15.8 Å². The second-order valence-electron chi connectivity index (χ2n) is 5.62. The number of hydrogen-bond donors (Lipinski definition) is 2. The van der Waals surface area contributed by atoms with Crippen LogP contribution in [0.4, 0.5) is 5.69 Å². The number of nitro benzene ring substituents is 1. The molecule has 1 aromatic rings. The van der Waals surface area contributed by atoms with Gasteiger partial charge in [-0.3, -0.25) is 14.9 Å². The second kappa shape index (κ2) is 5.09. The number of nitrogens with zero attached hydrogens (tertiary/aromatic N) is 1. The van der Waals surface area contributed by atoms with Crippen LogP contribution in [-0.4, -0.2) is 35.6 Å². The van der Waals surface area contributed by atoms with E-state index in [-0.39, 0.29) is 35.3 Å². The van der Waals surface area contributed by atoms with Gasteiger partial charge in [0.15, 0.2) is 0 Å². The average Bonchev–Trinajstić information content (AvgIpc) is 2.89. The number of carbonyl (C=O) groups excluding carboxylic acids is 1. The summed E-state index contributed by atoms with van der Waals surface area (Å²) in [5, 5.41) is 13.7. The van der Waals surface area contributed by atoms with Gasteiger partial charge in [0.2, 0.25) is 0 Å². The predicted octanol–water partition coefficient (Wildman–Crippen LogP) is 0.748. The Morgan fingerprint density at radius 3 is 3.00 bits per heavy atom. The molecule has 3 rings (SSSR count). The van der Waals surface area contributed by atoms with Crippen molar-refractivity contribution in [2.45, 2.75) is 31.5 Å². The molecule has 1 saturated carbocycles. The van der Waals surface area contributed by atoms with E-state index >= 15 is 0 Å². The van der Waals surface area contributed by atoms with Gasteiger partial charge in [-0.25, -0.2) is 0 Å². The maximum atomic E-state index is 12.2. The highest BCUT2D eigenvalue weighted by molar-refractivity contribution is 5.95. The first-order valence-corrected chi connectivity index (χ1v) is 6.92. The molecule has 2 fully saturated rings. The summed E-state index contributed by atoms with van der Waals surface area (Å²) in [6.45, 7) is 2.31. The van der Waals surface area contributed by atoms with Crippen LogP contribution in [-0.2, 0) is 4.74 Å². The molecule has 1 amide bonds. The average molecular weight is 291 g/mol. The van der Waals surface area contributed by atoms with Crippen molar-refractivity contribution in [3.63, 3.8) is 0 Å². The predicted molar refractivity (Wildman–Crippen MR) is 74.9 cm³/mol. The van der Waals surface area contributed by atoms with E-state index in [1.807, 2.05) is 0 Å². The van der Waals surface area contributed by atoms with Gasteiger partial charge in [0, 0.05) is 35.8 Å². The van der Waals surface area contributed by atoms with Gasteiger partial charge in [0.1, 0.15) is 0 Å². The third-order valence-electron chi connectivity index (χ3n) is 4.41. The van der Waals surface area contributed by atoms with Crippen LogP contribution < -0.4 is 11.1 Å². The molecule has 0 bridgehead atoms. The summed E-state index contributed by atoms with van der Waals surface area (Å²) < 4.78 is 5.55. The van der Waals surface area contributed by atoms with E-state index in [1.165, 1.54) is 6.07 Å². The molecule has 3 N–H and O–H groups in total. The van der Waals surface area contributed by atoms with Gasteiger partial charge in [0.25, 0.3) is 11.6 Å². The lowest BCUT2D eigenvalue weighted by molar-refractivity contribution is -0.385. The summed E-state index contributed by atoms with van der Waals surface area (Å²) in [5.41, 5.74) is 6.76. The molecule has 21 heavy (non-hydrogen) atoms. The van der Waals surface area contributed by atoms with Crippen molar-refractivity contribution in [3.05, 3.63) is 39.4 Å². The zero-order valence-corrected chi connectivity index (χ0v) is 11.6. The number of rotatable bonds is 3. The maximum absolute atomic E-state index is 12.2. The number of nitro groups is 1. The van der Waals surface area contributed by atoms with Crippen LogP contribution in [0.3, 0.4) is 0 Å². The Balaban J connectivity index is 1.74. The van der Waals surface area contributed by atoms with Crippen molar-refractivity contribution in [1.29, 1.82) is 0 Å². The molecule has 1 heterocycles. The number of hydrogen-bond acceptors (Lipinski definition) is 5. The molecule has 7 nitrogen and oxygen atoms in total. The van der Waals surface area contributed by atoms with E-state index in [1.54, 1.807) is 19.1 Å². The van der Waals surface area contributed by atoms with Crippen LogP contribution >= 0.6 is 0 Å². The Hall–Kier alpha value is -1.99. The minimum atomic E-state index is -0.489. The van der Waals surface area contributed by atoms with Crippen molar-refractivity contribution in [2.75, 3.05) is 6.61 Å². The molecule has 4 atom stereocenters. The number of aryl methyl sites for hydroxylation is 1. The molecule has 1 saturated heterocycles. The largest absolute Gasteiger partial charge is 0.376 e. The summed E-state index contributed by atoms with van der Waals surface area (Å²) in [4.78, 5) is 22.7. The molecule has 7 heteroatoms. The van der Waals surface area contributed by atoms with Crippen LogP contribution in [0, 0.1) is 23.0 Å². The zero-order chi connectivity index (χ0) is 15.1. The van der Waals surface area contributed by atoms with Crippen molar-refractivity contribution >= 4 is 11.6 Å². The SMILES string of the molecule is Cc1ccc(C(=O)NC2C(N)C3CCOC32)cc1[N+](=O)[O-]. The summed E-state index contributed by atoms with van der Waals surface area (Å²) >= 11 is 0. The first-order chi connectivity index (χ1) is 9.99. The highest BCUT2D eigenvalue weighted by Crippen LogP contribution is 2.37. The molecule has 0 radical (unpaired) electrons. The van der Waals surface area contributed by atoms with Gasteiger partial charge in [-0.15, -0.1) is 0 Å². The van der Waals surface area contributed by atoms with Crippen molar-refractivity contribution in [1.82, 2.24) is 5.32 Å². The molecular weight excluding hydrogens is 274 g/mol. The molecule has 1 aliphatic heterocycles. The minimum absolute atomic E-state index is 0.0237. The molecular formula is C14H17N3O4. The van der Waals surface area contributed by atoms with Gasteiger partial charge in [-0.05, 0) is 19.4 Å². The number of fused-ring (bicyclic) bond motifs is 1. The second-order valence-corrected chi connectivity index (χ2v) is 5.62. The molecule has 2 aliphatic rings. The number of benzene rings is 1. The smallest absolute Gasteiger partial charge is 0.273 e. The number of nitrogens with two attached hydrogens (primary N) is 1. The number of amides is 1. The van der Waals surface area contributed by atoms with Gasteiger partial charge in [-0.2, -0.15) is 0 Å². The first-order valence-electron chi connectivity index (χ1n) is 6.92. The molecule has 1 aliphatic carbocycles. The van der Waals surface area contributed by atoms with Crippen molar-refractivity contribution < 1.29 is 14.5 Å². The van der Waals surface area contributed by atoms with Crippen LogP contribution in [0.15, 0.2) is 18.2 Å². The maximum Gasteiger partial charge on any atom is 0.273 e. The fraction of sp³-hybridized carbons (Fsp3) is 0.500. The highest BCUT2D eigenvalue weighted by atomic mass is 16.6. The molecule has 0 aromatic heterocycles. The Morgan fingerprint density at radius 2 is 2.29 bits per heavy atom. The minimum Gasteiger partial charge on any atom is -0.376 e. The van der Waals surface area contributed by atoms with Gasteiger partial charge in [-0.1, -0.05) is 6.07 Å². The summed E-state index contributed by atoms with van der Waals surface area (Å²) in [5.74, 6) is -0.0462. The monoisotopic (exact) mass is 291 g/mol. The van der Waals surface area contributed by atoms with Crippen molar-refractivity contribution in [3.8, 4) is 0 Å². The quantitative estimate of drug-likeness (QED) is 0.631. The number of ether oxygens (including phenoxy) is 1. The standard InChI is InChI=1S/C14H17N3O4/c1-7-2-3-8(6-10(7)17(19)20)14(18)16-12-11(15)9-4-5-21-13(9)12/h2-3,6,9,11-13H,4-5,15H2,1H3,(H,16,18). The third kappa shape index (κ3) is 2.28. The van der Waals surface area contributed by atoms with Crippen LogP contribution in [0.5, 0.6) is 0 Å². The van der Waals surface area contributed by atoms with Gasteiger partial charge in [0.05, 0.1) is 17.1 Å². The van der Waals surface area contributed by atoms with Crippen LogP contribution in [0.2, 0.25) is 0 Å². The first kappa shape index (κ1) is 14.0. The molecule has 0 spiro atoms. The summed E-state index contributed by atoms with van der Waals surface area (Å²) in [6, 6.07) is 4.12. The van der Waals surface area contributed by atoms with E-state index in [2.05, 4.69) is 5.32 Å².